The van der Waals surface area contributed by atoms with Gasteiger partial charge in [-0.25, -0.2) is 0 Å². The molecule has 0 aliphatic carbocycles. The van der Waals surface area contributed by atoms with Gasteiger partial charge in [0.2, 0.25) is 0 Å². The van der Waals surface area contributed by atoms with Crippen LogP contribution in [0.3, 0.4) is 0 Å². The highest BCUT2D eigenvalue weighted by molar-refractivity contribution is 4.66. The summed E-state index contributed by atoms with van der Waals surface area (Å²) in [7, 11) is 0. The molecule has 2 unspecified atom stereocenters. The summed E-state index contributed by atoms with van der Waals surface area (Å²) in [6, 6.07) is 0.745. The fraction of sp³-hybridized carbons (Fsp3) is 1.00. The monoisotopic (exact) mass is 157 g/mol. The van der Waals surface area contributed by atoms with Crippen molar-refractivity contribution >= 4 is 0 Å². The summed E-state index contributed by atoms with van der Waals surface area (Å²) in [5.41, 5.74) is 0. The van der Waals surface area contributed by atoms with E-state index < -0.39 is 0 Å². The molecule has 0 aromatic carbocycles. The lowest BCUT2D eigenvalue weighted by Crippen LogP contribution is -2.29. The number of hydrogen-bond acceptors (Lipinski definition) is 1. The lowest BCUT2D eigenvalue weighted by Gasteiger charge is -2.19. The van der Waals surface area contributed by atoms with E-state index in [0.29, 0.717) is 0 Å². The molecule has 0 saturated heterocycles. The maximum Gasteiger partial charge on any atom is 0.00668 e. The molecule has 0 rings (SSSR count). The van der Waals surface area contributed by atoms with E-state index in [-0.39, 0.29) is 0 Å². The molecule has 11 heavy (non-hydrogen) atoms. The van der Waals surface area contributed by atoms with Crippen molar-refractivity contribution in [1.29, 1.82) is 0 Å². The van der Waals surface area contributed by atoms with Crippen molar-refractivity contribution in [2.75, 3.05) is 6.54 Å². The lowest BCUT2D eigenvalue weighted by molar-refractivity contribution is 0.391. The van der Waals surface area contributed by atoms with E-state index in [0.717, 1.165) is 18.5 Å². The van der Waals surface area contributed by atoms with Crippen LogP contribution in [0.25, 0.3) is 0 Å². The number of hydrogen-bond donors (Lipinski definition) is 1. The molecule has 0 amide bonds. The maximum atomic E-state index is 3.50. The van der Waals surface area contributed by atoms with Crippen molar-refractivity contribution in [3.05, 3.63) is 0 Å². The first-order chi connectivity index (χ1) is 5.24. The van der Waals surface area contributed by atoms with Crippen LogP contribution in [-0.4, -0.2) is 12.6 Å². The highest BCUT2D eigenvalue weighted by atomic mass is 14.9. The van der Waals surface area contributed by atoms with Crippen LogP contribution >= 0.6 is 0 Å². The van der Waals surface area contributed by atoms with Gasteiger partial charge in [-0.05, 0) is 25.3 Å². The van der Waals surface area contributed by atoms with Crippen LogP contribution in [0.4, 0.5) is 0 Å². The highest BCUT2D eigenvalue weighted by Gasteiger charge is 2.07. The molecule has 0 aromatic rings. The number of nitrogens with one attached hydrogen (secondary N) is 1. The highest BCUT2D eigenvalue weighted by Crippen LogP contribution is 2.11. The van der Waals surface area contributed by atoms with E-state index >= 15 is 0 Å². The molecular formula is C10H23N. The van der Waals surface area contributed by atoms with Crippen LogP contribution in [0.15, 0.2) is 0 Å². The topological polar surface area (TPSA) is 12.0 Å². The van der Waals surface area contributed by atoms with Crippen LogP contribution in [-0.2, 0) is 0 Å². The third-order valence-electron chi connectivity index (χ3n) is 2.37. The first kappa shape index (κ1) is 11.0. The Balaban J connectivity index is 3.49. The standard InChI is InChI=1S/C10H23N/c1-5-9(4)8-10(6-2)11-7-3/h9-11H,5-8H2,1-4H3. The zero-order chi connectivity index (χ0) is 8.69. The first-order valence-corrected chi connectivity index (χ1v) is 4.97. The van der Waals surface area contributed by atoms with Gasteiger partial charge < -0.3 is 5.32 Å². The third kappa shape index (κ3) is 5.25. The molecule has 0 radical (unpaired) electrons. The van der Waals surface area contributed by atoms with Crippen molar-refractivity contribution in [2.24, 2.45) is 5.92 Å². The maximum absolute atomic E-state index is 3.50. The second-order valence-corrected chi connectivity index (χ2v) is 3.41. The number of rotatable bonds is 6. The Morgan fingerprint density at radius 2 is 1.73 bits per heavy atom. The van der Waals surface area contributed by atoms with Gasteiger partial charge in [0.05, 0.1) is 0 Å². The van der Waals surface area contributed by atoms with E-state index in [1.165, 1.54) is 19.3 Å². The van der Waals surface area contributed by atoms with Gasteiger partial charge in [0.25, 0.3) is 0 Å². The summed E-state index contributed by atoms with van der Waals surface area (Å²) in [6.45, 7) is 10.1. The molecular weight excluding hydrogens is 134 g/mol. The Morgan fingerprint density at radius 1 is 1.09 bits per heavy atom. The summed E-state index contributed by atoms with van der Waals surface area (Å²) in [5.74, 6) is 0.874. The predicted octanol–water partition coefficient (Wildman–Crippen LogP) is 2.81. The SMILES string of the molecule is CCNC(CC)CC(C)CC. The molecule has 0 aromatic heterocycles. The van der Waals surface area contributed by atoms with Gasteiger partial charge in [-0.1, -0.05) is 34.1 Å². The van der Waals surface area contributed by atoms with E-state index in [1.54, 1.807) is 0 Å². The van der Waals surface area contributed by atoms with Gasteiger partial charge in [0.15, 0.2) is 0 Å². The third-order valence-corrected chi connectivity index (χ3v) is 2.37. The van der Waals surface area contributed by atoms with Gasteiger partial charge in [-0.15, -0.1) is 0 Å². The van der Waals surface area contributed by atoms with Crippen molar-refractivity contribution in [1.82, 2.24) is 5.32 Å². The zero-order valence-electron chi connectivity index (χ0n) is 8.48. The largest absolute Gasteiger partial charge is 0.314 e. The van der Waals surface area contributed by atoms with E-state index in [2.05, 4.69) is 33.0 Å². The Hall–Kier alpha value is -0.0400. The van der Waals surface area contributed by atoms with Crippen molar-refractivity contribution < 1.29 is 0 Å². The van der Waals surface area contributed by atoms with Crippen LogP contribution in [0, 0.1) is 5.92 Å². The van der Waals surface area contributed by atoms with Gasteiger partial charge in [-0.3, -0.25) is 0 Å². The van der Waals surface area contributed by atoms with Gasteiger partial charge in [0.1, 0.15) is 0 Å². The van der Waals surface area contributed by atoms with Crippen molar-refractivity contribution in [3.63, 3.8) is 0 Å². The van der Waals surface area contributed by atoms with Crippen LogP contribution < -0.4 is 5.32 Å². The average molecular weight is 157 g/mol. The molecule has 0 aliphatic rings. The van der Waals surface area contributed by atoms with E-state index in [4.69, 9.17) is 0 Å². The van der Waals surface area contributed by atoms with Crippen molar-refractivity contribution in [2.45, 2.75) is 53.0 Å². The fourth-order valence-corrected chi connectivity index (χ4v) is 1.34. The zero-order valence-corrected chi connectivity index (χ0v) is 8.48. The molecule has 1 N–H and O–H groups in total. The molecule has 2 atom stereocenters. The second-order valence-electron chi connectivity index (χ2n) is 3.41. The summed E-state index contributed by atoms with van der Waals surface area (Å²) in [6.07, 6.45) is 3.90. The fourth-order valence-electron chi connectivity index (χ4n) is 1.34. The van der Waals surface area contributed by atoms with Gasteiger partial charge in [0, 0.05) is 6.04 Å². The normalized spacial score (nSPS) is 16.4. The predicted molar refractivity (Wildman–Crippen MR) is 51.8 cm³/mol. The Kier molecular flexibility index (Phi) is 6.63. The molecule has 1 heteroatoms. The quantitative estimate of drug-likeness (QED) is 0.625. The molecule has 1 nitrogen and oxygen atoms in total. The van der Waals surface area contributed by atoms with Crippen LogP contribution in [0.5, 0.6) is 0 Å². The van der Waals surface area contributed by atoms with Crippen LogP contribution in [0.2, 0.25) is 0 Å². The lowest BCUT2D eigenvalue weighted by atomic mass is 9.98. The smallest absolute Gasteiger partial charge is 0.00668 e. The molecule has 68 valence electrons. The minimum atomic E-state index is 0.745. The second kappa shape index (κ2) is 6.66. The van der Waals surface area contributed by atoms with E-state index in [9.17, 15) is 0 Å². The minimum absolute atomic E-state index is 0.745. The molecule has 0 bridgehead atoms. The first-order valence-electron chi connectivity index (χ1n) is 4.97. The van der Waals surface area contributed by atoms with Gasteiger partial charge in [-0.2, -0.15) is 0 Å². The molecule has 0 fully saturated rings. The summed E-state index contributed by atoms with van der Waals surface area (Å²) in [4.78, 5) is 0. The van der Waals surface area contributed by atoms with Crippen LogP contribution in [0.1, 0.15) is 47.0 Å². The van der Waals surface area contributed by atoms with Gasteiger partial charge >= 0.3 is 0 Å². The van der Waals surface area contributed by atoms with Crippen molar-refractivity contribution in [3.8, 4) is 0 Å². The van der Waals surface area contributed by atoms with E-state index in [1.807, 2.05) is 0 Å². The Morgan fingerprint density at radius 3 is 2.09 bits per heavy atom. The molecule has 0 aliphatic heterocycles. The summed E-state index contributed by atoms with van der Waals surface area (Å²) < 4.78 is 0. The summed E-state index contributed by atoms with van der Waals surface area (Å²) >= 11 is 0. The molecule has 0 saturated carbocycles. The molecule has 0 spiro atoms. The Labute approximate surface area is 71.6 Å². The summed E-state index contributed by atoms with van der Waals surface area (Å²) in [5, 5.41) is 3.50. The average Bonchev–Trinajstić information content (AvgIpc) is 2.03. The minimum Gasteiger partial charge on any atom is -0.314 e. The Bertz CT molecular complexity index is 80.9. The molecule has 0 heterocycles.